The zero-order valence-corrected chi connectivity index (χ0v) is 16.7. The first-order valence-corrected chi connectivity index (χ1v) is 9.92. The van der Waals surface area contributed by atoms with Crippen LogP contribution in [0.5, 0.6) is 5.75 Å². The molecule has 0 heterocycles. The second kappa shape index (κ2) is 10.3. The van der Waals surface area contributed by atoms with Crippen molar-refractivity contribution in [2.45, 2.75) is 37.8 Å². The van der Waals surface area contributed by atoms with Gasteiger partial charge < -0.3 is 14.8 Å². The second-order valence-electron chi connectivity index (χ2n) is 7.23. The van der Waals surface area contributed by atoms with Gasteiger partial charge in [-0.1, -0.05) is 42.5 Å². The topological polar surface area (TPSA) is 88.4 Å². The van der Waals surface area contributed by atoms with Gasteiger partial charge in [-0.15, -0.1) is 0 Å². The number of amides is 1. The van der Waals surface area contributed by atoms with Crippen molar-refractivity contribution in [3.8, 4) is 11.8 Å². The SMILES string of the molecule is N#CC1(NC(=O)COC(=O)/C=C/c2ccc(OCc3ccccc3)cc2)CCCC1. The van der Waals surface area contributed by atoms with E-state index in [0.29, 0.717) is 19.4 Å². The van der Waals surface area contributed by atoms with Crippen LogP contribution in [0.4, 0.5) is 0 Å². The van der Waals surface area contributed by atoms with E-state index in [9.17, 15) is 14.9 Å². The quantitative estimate of drug-likeness (QED) is 0.534. The van der Waals surface area contributed by atoms with E-state index in [1.165, 1.54) is 6.08 Å². The standard InChI is InChI=1S/C24H24N2O4/c25-18-24(14-4-5-15-24)26-22(27)17-30-23(28)13-10-19-8-11-21(12-9-19)29-16-20-6-2-1-3-7-20/h1-3,6-13H,4-5,14-17H2,(H,26,27)/b13-10+. The van der Waals surface area contributed by atoms with E-state index in [1.807, 2.05) is 54.6 Å². The lowest BCUT2D eigenvalue weighted by molar-refractivity contribution is -0.144. The van der Waals surface area contributed by atoms with E-state index in [2.05, 4.69) is 11.4 Å². The fourth-order valence-corrected chi connectivity index (χ4v) is 3.31. The van der Waals surface area contributed by atoms with Crippen LogP contribution in [-0.4, -0.2) is 24.0 Å². The summed E-state index contributed by atoms with van der Waals surface area (Å²) in [5.41, 5.74) is 1.07. The number of carbonyl (C=O) groups excluding carboxylic acids is 2. The molecule has 0 aliphatic heterocycles. The van der Waals surface area contributed by atoms with Crippen molar-refractivity contribution in [3.63, 3.8) is 0 Å². The van der Waals surface area contributed by atoms with Gasteiger partial charge in [-0.25, -0.2) is 4.79 Å². The highest BCUT2D eigenvalue weighted by atomic mass is 16.5. The summed E-state index contributed by atoms with van der Waals surface area (Å²) in [6.45, 7) is 0.0797. The highest BCUT2D eigenvalue weighted by Crippen LogP contribution is 2.28. The molecule has 6 nitrogen and oxygen atoms in total. The predicted octanol–water partition coefficient (Wildman–Crippen LogP) is 3.77. The molecule has 154 valence electrons. The molecule has 0 atom stereocenters. The van der Waals surface area contributed by atoms with Crippen molar-refractivity contribution in [1.29, 1.82) is 5.26 Å². The van der Waals surface area contributed by atoms with Gasteiger partial charge in [0.25, 0.3) is 5.91 Å². The summed E-state index contributed by atoms with van der Waals surface area (Å²) < 4.78 is 10.7. The fraction of sp³-hybridized carbons (Fsp3) is 0.292. The van der Waals surface area contributed by atoms with Crippen LogP contribution in [0, 0.1) is 11.3 Å². The van der Waals surface area contributed by atoms with Gasteiger partial charge >= 0.3 is 5.97 Å². The number of carbonyl (C=O) groups is 2. The van der Waals surface area contributed by atoms with Crippen LogP contribution < -0.4 is 10.1 Å². The van der Waals surface area contributed by atoms with Crippen LogP contribution in [0.2, 0.25) is 0 Å². The van der Waals surface area contributed by atoms with Gasteiger partial charge in [-0.2, -0.15) is 5.26 Å². The minimum absolute atomic E-state index is 0.404. The molecule has 2 aromatic rings. The number of nitriles is 1. The van der Waals surface area contributed by atoms with E-state index >= 15 is 0 Å². The number of nitrogens with zero attached hydrogens (tertiary/aromatic N) is 1. The van der Waals surface area contributed by atoms with Gasteiger partial charge in [0.1, 0.15) is 17.9 Å². The lowest BCUT2D eigenvalue weighted by Gasteiger charge is -2.21. The Morgan fingerprint density at radius 2 is 1.77 bits per heavy atom. The van der Waals surface area contributed by atoms with Crippen LogP contribution in [0.3, 0.4) is 0 Å². The number of hydrogen-bond donors (Lipinski definition) is 1. The molecule has 3 rings (SSSR count). The maximum Gasteiger partial charge on any atom is 0.331 e. The molecule has 2 aromatic carbocycles. The third-order valence-corrected chi connectivity index (χ3v) is 4.94. The molecule has 1 fully saturated rings. The Hall–Kier alpha value is -3.59. The zero-order chi connectivity index (χ0) is 21.2. The molecule has 1 amide bonds. The number of esters is 1. The number of hydrogen-bond acceptors (Lipinski definition) is 5. The highest BCUT2D eigenvalue weighted by molar-refractivity contribution is 5.89. The first-order valence-electron chi connectivity index (χ1n) is 9.92. The Morgan fingerprint density at radius 3 is 2.43 bits per heavy atom. The van der Waals surface area contributed by atoms with Gasteiger partial charge in [0.2, 0.25) is 0 Å². The average Bonchev–Trinajstić information content (AvgIpc) is 3.25. The Morgan fingerprint density at radius 1 is 1.07 bits per heavy atom. The maximum absolute atomic E-state index is 12.0. The summed E-state index contributed by atoms with van der Waals surface area (Å²) in [6.07, 6.45) is 5.96. The van der Waals surface area contributed by atoms with Gasteiger partial charge in [-0.3, -0.25) is 4.79 Å². The van der Waals surface area contributed by atoms with Crippen molar-refractivity contribution < 1.29 is 19.1 Å². The van der Waals surface area contributed by atoms with Crippen molar-refractivity contribution in [3.05, 3.63) is 71.8 Å². The Labute approximate surface area is 176 Å². The lowest BCUT2D eigenvalue weighted by atomic mass is 10.00. The zero-order valence-electron chi connectivity index (χ0n) is 16.7. The van der Waals surface area contributed by atoms with Gasteiger partial charge in [-0.05, 0) is 55.0 Å². The van der Waals surface area contributed by atoms with E-state index in [1.54, 1.807) is 6.08 Å². The van der Waals surface area contributed by atoms with E-state index in [-0.39, 0.29) is 0 Å². The minimum Gasteiger partial charge on any atom is -0.489 e. The van der Waals surface area contributed by atoms with Gasteiger partial charge in [0.05, 0.1) is 6.07 Å². The molecular formula is C24H24N2O4. The molecule has 30 heavy (non-hydrogen) atoms. The van der Waals surface area contributed by atoms with Crippen molar-refractivity contribution in [2.24, 2.45) is 0 Å². The van der Waals surface area contributed by atoms with Crippen molar-refractivity contribution in [1.82, 2.24) is 5.32 Å². The first kappa shape index (κ1) is 21.1. The highest BCUT2D eigenvalue weighted by Gasteiger charge is 2.35. The largest absolute Gasteiger partial charge is 0.489 e. The van der Waals surface area contributed by atoms with Gasteiger partial charge in [0.15, 0.2) is 6.61 Å². The maximum atomic E-state index is 12.0. The Bertz CT molecular complexity index is 924. The Balaban J connectivity index is 1.42. The Kier molecular flexibility index (Phi) is 7.23. The first-order chi connectivity index (χ1) is 14.6. The van der Waals surface area contributed by atoms with Crippen molar-refractivity contribution >= 4 is 18.0 Å². The molecule has 0 radical (unpaired) electrons. The number of benzene rings is 2. The van der Waals surface area contributed by atoms with E-state index in [0.717, 1.165) is 29.7 Å². The third-order valence-electron chi connectivity index (χ3n) is 4.94. The average molecular weight is 404 g/mol. The van der Waals surface area contributed by atoms with E-state index in [4.69, 9.17) is 9.47 Å². The normalized spacial score (nSPS) is 14.8. The van der Waals surface area contributed by atoms with Crippen LogP contribution in [0.1, 0.15) is 36.8 Å². The summed E-state index contributed by atoms with van der Waals surface area (Å²) in [6, 6.07) is 19.4. The lowest BCUT2D eigenvalue weighted by Crippen LogP contribution is -2.46. The molecule has 0 spiro atoms. The third kappa shape index (κ3) is 6.21. The summed E-state index contributed by atoms with van der Waals surface area (Å²) in [5, 5.41) is 12.0. The molecule has 0 unspecified atom stereocenters. The summed E-state index contributed by atoms with van der Waals surface area (Å²) in [7, 11) is 0. The molecule has 0 bridgehead atoms. The predicted molar refractivity (Wildman–Crippen MR) is 112 cm³/mol. The fourth-order valence-electron chi connectivity index (χ4n) is 3.31. The van der Waals surface area contributed by atoms with Crippen LogP contribution in [0.25, 0.3) is 6.08 Å². The van der Waals surface area contributed by atoms with Crippen LogP contribution >= 0.6 is 0 Å². The molecule has 1 aliphatic carbocycles. The summed E-state index contributed by atoms with van der Waals surface area (Å²) >= 11 is 0. The molecule has 1 saturated carbocycles. The number of rotatable bonds is 8. The van der Waals surface area contributed by atoms with E-state index < -0.39 is 24.0 Å². The second-order valence-corrected chi connectivity index (χ2v) is 7.23. The molecule has 6 heteroatoms. The molecule has 1 aliphatic rings. The molecule has 0 aromatic heterocycles. The van der Waals surface area contributed by atoms with Crippen LogP contribution in [-0.2, 0) is 20.9 Å². The summed E-state index contributed by atoms with van der Waals surface area (Å²) in [4.78, 5) is 23.8. The number of ether oxygens (including phenoxy) is 2. The minimum atomic E-state index is -0.816. The molecular weight excluding hydrogens is 380 g/mol. The smallest absolute Gasteiger partial charge is 0.331 e. The molecule has 1 N–H and O–H groups in total. The monoisotopic (exact) mass is 404 g/mol. The van der Waals surface area contributed by atoms with Gasteiger partial charge in [0, 0.05) is 6.08 Å². The van der Waals surface area contributed by atoms with Crippen LogP contribution in [0.15, 0.2) is 60.7 Å². The summed E-state index contributed by atoms with van der Waals surface area (Å²) in [5.74, 6) is -0.347. The molecule has 0 saturated heterocycles. The number of nitrogens with one attached hydrogen (secondary N) is 1. The van der Waals surface area contributed by atoms with Crippen molar-refractivity contribution in [2.75, 3.05) is 6.61 Å².